The molecule has 0 aliphatic heterocycles. The lowest BCUT2D eigenvalue weighted by atomic mass is 10.1. The Morgan fingerprint density at radius 2 is 1.88 bits per heavy atom. The molecule has 87 valence electrons. The minimum absolute atomic E-state index is 0.338. The molecule has 0 heterocycles. The highest BCUT2D eigenvalue weighted by molar-refractivity contribution is 5.79. The SMILES string of the molecule is COC(=O)[CH]Cc1ccc(OC)c(OC)c1. The van der Waals surface area contributed by atoms with E-state index in [0.717, 1.165) is 5.56 Å². The van der Waals surface area contributed by atoms with E-state index in [1.165, 1.54) is 13.5 Å². The van der Waals surface area contributed by atoms with Crippen LogP contribution in [0.4, 0.5) is 0 Å². The Morgan fingerprint density at radius 3 is 2.44 bits per heavy atom. The molecule has 1 rings (SSSR count). The summed E-state index contributed by atoms with van der Waals surface area (Å²) >= 11 is 0. The summed E-state index contributed by atoms with van der Waals surface area (Å²) in [5, 5.41) is 0. The molecule has 0 saturated carbocycles. The predicted octanol–water partition coefficient (Wildman–Crippen LogP) is 1.62. The smallest absolute Gasteiger partial charge is 0.309 e. The van der Waals surface area contributed by atoms with Crippen molar-refractivity contribution in [1.82, 2.24) is 0 Å². The van der Waals surface area contributed by atoms with Crippen molar-refractivity contribution in [3.8, 4) is 11.5 Å². The molecule has 4 heteroatoms. The molecule has 0 amide bonds. The first-order chi connectivity index (χ1) is 7.71. The Hall–Kier alpha value is -1.71. The topological polar surface area (TPSA) is 44.8 Å². The van der Waals surface area contributed by atoms with Crippen LogP contribution < -0.4 is 9.47 Å². The molecule has 0 N–H and O–H groups in total. The number of methoxy groups -OCH3 is 3. The molecule has 0 aliphatic rings. The first kappa shape index (κ1) is 12.4. The summed E-state index contributed by atoms with van der Waals surface area (Å²) < 4.78 is 14.8. The van der Waals surface area contributed by atoms with Gasteiger partial charge < -0.3 is 14.2 Å². The summed E-state index contributed by atoms with van der Waals surface area (Å²) in [5.41, 5.74) is 0.961. The van der Waals surface area contributed by atoms with Gasteiger partial charge in [0.1, 0.15) is 0 Å². The Bertz CT molecular complexity index is 360. The zero-order valence-corrected chi connectivity index (χ0v) is 9.65. The molecular weight excluding hydrogens is 208 g/mol. The fraction of sp³-hybridized carbons (Fsp3) is 0.333. The monoisotopic (exact) mass is 223 g/mol. The van der Waals surface area contributed by atoms with E-state index in [1.54, 1.807) is 20.3 Å². The fourth-order valence-electron chi connectivity index (χ4n) is 1.29. The molecule has 0 saturated heterocycles. The van der Waals surface area contributed by atoms with Gasteiger partial charge in [-0.05, 0) is 24.1 Å². The van der Waals surface area contributed by atoms with Gasteiger partial charge >= 0.3 is 5.97 Å². The average Bonchev–Trinajstić information content (AvgIpc) is 2.35. The normalized spacial score (nSPS) is 9.69. The summed E-state index contributed by atoms with van der Waals surface area (Å²) in [6.45, 7) is 0. The van der Waals surface area contributed by atoms with E-state index in [9.17, 15) is 4.79 Å². The van der Waals surface area contributed by atoms with Crippen LogP contribution in [0.2, 0.25) is 0 Å². The van der Waals surface area contributed by atoms with Crippen LogP contribution >= 0.6 is 0 Å². The van der Waals surface area contributed by atoms with Crippen molar-refractivity contribution < 1.29 is 19.0 Å². The molecule has 1 aromatic rings. The molecule has 0 fully saturated rings. The van der Waals surface area contributed by atoms with Crippen LogP contribution in [0.3, 0.4) is 0 Å². The van der Waals surface area contributed by atoms with E-state index in [1.807, 2.05) is 12.1 Å². The van der Waals surface area contributed by atoms with Gasteiger partial charge in [0.15, 0.2) is 11.5 Å². The van der Waals surface area contributed by atoms with E-state index in [-0.39, 0.29) is 5.97 Å². The Balaban J connectivity index is 2.71. The van der Waals surface area contributed by atoms with E-state index in [0.29, 0.717) is 17.9 Å². The molecule has 1 aromatic carbocycles. The van der Waals surface area contributed by atoms with Crippen molar-refractivity contribution in [3.63, 3.8) is 0 Å². The highest BCUT2D eigenvalue weighted by Gasteiger charge is 2.06. The van der Waals surface area contributed by atoms with Gasteiger partial charge in [0.2, 0.25) is 0 Å². The molecule has 0 unspecified atom stereocenters. The number of rotatable bonds is 5. The van der Waals surface area contributed by atoms with Crippen molar-refractivity contribution in [1.29, 1.82) is 0 Å². The van der Waals surface area contributed by atoms with Gasteiger partial charge in [0, 0.05) is 0 Å². The highest BCUT2D eigenvalue weighted by atomic mass is 16.5. The van der Waals surface area contributed by atoms with Gasteiger partial charge in [-0.25, -0.2) is 0 Å². The maximum atomic E-state index is 10.9. The largest absolute Gasteiger partial charge is 0.493 e. The molecular formula is C12H15O4. The van der Waals surface area contributed by atoms with Crippen LogP contribution in [0.5, 0.6) is 11.5 Å². The van der Waals surface area contributed by atoms with Gasteiger partial charge in [-0.2, -0.15) is 0 Å². The van der Waals surface area contributed by atoms with Crippen LogP contribution in [0.15, 0.2) is 18.2 Å². The maximum absolute atomic E-state index is 10.9. The number of hydrogen-bond donors (Lipinski definition) is 0. The lowest BCUT2D eigenvalue weighted by molar-refractivity contribution is -0.136. The zero-order valence-electron chi connectivity index (χ0n) is 9.65. The minimum atomic E-state index is -0.338. The highest BCUT2D eigenvalue weighted by Crippen LogP contribution is 2.27. The van der Waals surface area contributed by atoms with Gasteiger partial charge in [0.25, 0.3) is 0 Å². The predicted molar refractivity (Wildman–Crippen MR) is 59.6 cm³/mol. The van der Waals surface area contributed by atoms with Crippen molar-refractivity contribution in [3.05, 3.63) is 30.2 Å². The molecule has 0 aromatic heterocycles. The number of carbonyl (C=O) groups excluding carboxylic acids is 1. The fourth-order valence-corrected chi connectivity index (χ4v) is 1.29. The number of ether oxygens (including phenoxy) is 3. The quantitative estimate of drug-likeness (QED) is 0.711. The van der Waals surface area contributed by atoms with Crippen molar-refractivity contribution in [2.45, 2.75) is 6.42 Å². The molecule has 4 nitrogen and oxygen atoms in total. The summed E-state index contributed by atoms with van der Waals surface area (Å²) in [6, 6.07) is 5.51. The van der Waals surface area contributed by atoms with Crippen molar-refractivity contribution in [2.24, 2.45) is 0 Å². The van der Waals surface area contributed by atoms with E-state index >= 15 is 0 Å². The van der Waals surface area contributed by atoms with E-state index in [4.69, 9.17) is 9.47 Å². The van der Waals surface area contributed by atoms with E-state index < -0.39 is 0 Å². The van der Waals surface area contributed by atoms with Crippen LogP contribution in [0, 0.1) is 6.42 Å². The van der Waals surface area contributed by atoms with Crippen LogP contribution in [-0.2, 0) is 16.0 Å². The van der Waals surface area contributed by atoms with Gasteiger partial charge in [0.05, 0.1) is 27.8 Å². The van der Waals surface area contributed by atoms with Gasteiger partial charge in [-0.3, -0.25) is 4.79 Å². The third-order valence-corrected chi connectivity index (χ3v) is 2.15. The van der Waals surface area contributed by atoms with Crippen LogP contribution in [0.25, 0.3) is 0 Å². The van der Waals surface area contributed by atoms with Crippen LogP contribution in [-0.4, -0.2) is 27.3 Å². The standard InChI is InChI=1S/C12H15O4/c1-14-10-6-4-9(8-11(10)15-2)5-7-12(13)16-3/h4,6-8H,5H2,1-3H3. The van der Waals surface area contributed by atoms with Gasteiger partial charge in [-0.15, -0.1) is 0 Å². The first-order valence-electron chi connectivity index (χ1n) is 4.83. The lowest BCUT2D eigenvalue weighted by Gasteiger charge is -2.08. The Kier molecular flexibility index (Phi) is 4.64. The number of carbonyl (C=O) groups is 1. The molecule has 1 radical (unpaired) electrons. The summed E-state index contributed by atoms with van der Waals surface area (Å²) in [6.07, 6.45) is 1.98. The third kappa shape index (κ3) is 3.15. The molecule has 16 heavy (non-hydrogen) atoms. The lowest BCUT2D eigenvalue weighted by Crippen LogP contribution is -2.03. The number of hydrogen-bond acceptors (Lipinski definition) is 4. The number of benzene rings is 1. The molecule has 0 atom stereocenters. The van der Waals surface area contributed by atoms with Crippen LogP contribution in [0.1, 0.15) is 5.56 Å². The second kappa shape index (κ2) is 6.00. The summed E-state index contributed by atoms with van der Waals surface area (Å²) in [7, 11) is 4.51. The second-order valence-corrected chi connectivity index (χ2v) is 3.12. The number of esters is 1. The van der Waals surface area contributed by atoms with Crippen molar-refractivity contribution >= 4 is 5.97 Å². The van der Waals surface area contributed by atoms with Gasteiger partial charge in [-0.1, -0.05) is 6.07 Å². The molecule has 0 spiro atoms. The summed E-state index contributed by atoms with van der Waals surface area (Å²) in [5.74, 6) is 0.984. The first-order valence-corrected chi connectivity index (χ1v) is 4.83. The maximum Gasteiger partial charge on any atom is 0.309 e. The molecule has 0 aliphatic carbocycles. The molecule has 0 bridgehead atoms. The Labute approximate surface area is 95.1 Å². The van der Waals surface area contributed by atoms with Crippen molar-refractivity contribution in [2.75, 3.05) is 21.3 Å². The third-order valence-electron chi connectivity index (χ3n) is 2.15. The Morgan fingerprint density at radius 1 is 1.19 bits per heavy atom. The average molecular weight is 223 g/mol. The second-order valence-electron chi connectivity index (χ2n) is 3.12. The van der Waals surface area contributed by atoms with E-state index in [2.05, 4.69) is 4.74 Å². The summed E-state index contributed by atoms with van der Waals surface area (Å²) in [4.78, 5) is 10.9. The zero-order chi connectivity index (χ0) is 12.0. The minimum Gasteiger partial charge on any atom is -0.493 e.